The fourth-order valence-electron chi connectivity index (χ4n) is 2.21. The van der Waals surface area contributed by atoms with Gasteiger partial charge >= 0.3 is 6.18 Å². The van der Waals surface area contributed by atoms with Crippen LogP contribution in [0.3, 0.4) is 0 Å². The van der Waals surface area contributed by atoms with Crippen molar-refractivity contribution in [3.63, 3.8) is 0 Å². The largest absolute Gasteiger partial charge is 0.417 e. The predicted molar refractivity (Wildman–Crippen MR) is 93.6 cm³/mol. The molecule has 0 aliphatic carbocycles. The van der Waals surface area contributed by atoms with Crippen LogP contribution in [-0.2, 0) is 21.0 Å². The first-order chi connectivity index (χ1) is 12.8. The summed E-state index contributed by atoms with van der Waals surface area (Å²) in [4.78, 5) is 12.1. The van der Waals surface area contributed by atoms with Gasteiger partial charge in [0.25, 0.3) is 0 Å². The van der Waals surface area contributed by atoms with Gasteiger partial charge in [-0.2, -0.15) is 13.2 Å². The number of carbonyl (C=O) groups excluding carboxylic acids is 1. The Bertz CT molecular complexity index is 992. The summed E-state index contributed by atoms with van der Waals surface area (Å²) in [5.41, 5.74) is -2.61. The maximum atomic E-state index is 13.6. The standard InChI is InChI=1S/C16H12ClF5N2O3S/c1-28(26,27)24(9-5-6-11(17)10(7-9)16(20,21)22)8-14(25)23-15-12(18)3-2-4-13(15)19/h2-7H,8H2,1H3,(H,23,25). The summed E-state index contributed by atoms with van der Waals surface area (Å²) in [5.74, 6) is -3.38. The minimum atomic E-state index is -4.87. The number of carbonyl (C=O) groups is 1. The minimum Gasteiger partial charge on any atom is -0.320 e. The normalized spacial score (nSPS) is 12.0. The van der Waals surface area contributed by atoms with E-state index in [1.807, 2.05) is 5.32 Å². The van der Waals surface area contributed by atoms with E-state index >= 15 is 0 Å². The minimum absolute atomic E-state index is 0.354. The van der Waals surface area contributed by atoms with E-state index in [0.717, 1.165) is 30.3 Å². The van der Waals surface area contributed by atoms with Crippen LogP contribution in [0.25, 0.3) is 0 Å². The Labute approximate surface area is 161 Å². The van der Waals surface area contributed by atoms with Crippen LogP contribution in [0.1, 0.15) is 5.56 Å². The molecule has 2 rings (SSSR count). The van der Waals surface area contributed by atoms with Gasteiger partial charge < -0.3 is 5.32 Å². The van der Waals surface area contributed by atoms with Crippen LogP contribution in [0.5, 0.6) is 0 Å². The second-order valence-corrected chi connectivity index (χ2v) is 7.89. The summed E-state index contributed by atoms with van der Waals surface area (Å²) in [7, 11) is -4.23. The van der Waals surface area contributed by atoms with Crippen molar-refractivity contribution in [2.75, 3.05) is 22.4 Å². The molecule has 0 fully saturated rings. The van der Waals surface area contributed by atoms with E-state index in [1.165, 1.54) is 0 Å². The van der Waals surface area contributed by atoms with Gasteiger partial charge in [0.1, 0.15) is 23.9 Å². The van der Waals surface area contributed by atoms with Crippen LogP contribution in [0.2, 0.25) is 5.02 Å². The molecule has 1 N–H and O–H groups in total. The number of rotatable bonds is 5. The highest BCUT2D eigenvalue weighted by atomic mass is 35.5. The molecular weight excluding hydrogens is 431 g/mol. The number of hydrogen-bond donors (Lipinski definition) is 1. The zero-order chi connectivity index (χ0) is 21.3. The second kappa shape index (κ2) is 7.92. The third-order valence-electron chi connectivity index (χ3n) is 3.46. The van der Waals surface area contributed by atoms with E-state index in [-0.39, 0.29) is 0 Å². The maximum absolute atomic E-state index is 13.6. The Balaban J connectivity index is 2.37. The molecule has 0 bridgehead atoms. The number of hydrogen-bond acceptors (Lipinski definition) is 3. The molecule has 2 aromatic carbocycles. The number of alkyl halides is 3. The number of para-hydroxylation sites is 1. The van der Waals surface area contributed by atoms with Crippen LogP contribution >= 0.6 is 11.6 Å². The number of amides is 1. The van der Waals surface area contributed by atoms with Gasteiger partial charge in [0.2, 0.25) is 15.9 Å². The van der Waals surface area contributed by atoms with Crippen molar-refractivity contribution in [2.24, 2.45) is 0 Å². The maximum Gasteiger partial charge on any atom is 0.417 e. The molecule has 0 saturated carbocycles. The van der Waals surface area contributed by atoms with Gasteiger partial charge in [-0.3, -0.25) is 9.10 Å². The number of anilines is 2. The molecule has 0 aliphatic heterocycles. The number of nitrogens with zero attached hydrogens (tertiary/aromatic N) is 1. The van der Waals surface area contributed by atoms with Crippen molar-refractivity contribution in [1.29, 1.82) is 0 Å². The molecule has 152 valence electrons. The van der Waals surface area contributed by atoms with Crippen molar-refractivity contribution in [3.05, 3.63) is 58.6 Å². The van der Waals surface area contributed by atoms with E-state index in [9.17, 15) is 35.2 Å². The molecule has 0 aromatic heterocycles. The predicted octanol–water partition coefficient (Wildman–Crippen LogP) is 4.04. The molecule has 12 heteroatoms. The summed E-state index contributed by atoms with van der Waals surface area (Å²) in [6.07, 6.45) is -4.21. The third kappa shape index (κ3) is 5.10. The highest BCUT2D eigenvalue weighted by Crippen LogP contribution is 2.37. The van der Waals surface area contributed by atoms with E-state index in [2.05, 4.69) is 0 Å². The van der Waals surface area contributed by atoms with Gasteiger partial charge in [0.05, 0.1) is 22.5 Å². The molecule has 0 atom stereocenters. The summed E-state index contributed by atoms with van der Waals surface area (Å²) in [6, 6.07) is 5.03. The fourth-order valence-corrected chi connectivity index (χ4v) is 3.29. The van der Waals surface area contributed by atoms with Crippen LogP contribution in [0.4, 0.5) is 33.3 Å². The Kier molecular flexibility index (Phi) is 6.19. The molecule has 0 radical (unpaired) electrons. The highest BCUT2D eigenvalue weighted by Gasteiger charge is 2.34. The highest BCUT2D eigenvalue weighted by molar-refractivity contribution is 7.92. The SMILES string of the molecule is CS(=O)(=O)N(CC(=O)Nc1c(F)cccc1F)c1ccc(Cl)c(C(F)(F)F)c1. The van der Waals surface area contributed by atoms with Gasteiger partial charge in [-0.1, -0.05) is 17.7 Å². The van der Waals surface area contributed by atoms with Crippen LogP contribution < -0.4 is 9.62 Å². The topological polar surface area (TPSA) is 66.5 Å². The number of benzene rings is 2. The molecule has 0 aliphatic rings. The lowest BCUT2D eigenvalue weighted by Crippen LogP contribution is -2.37. The first-order valence-electron chi connectivity index (χ1n) is 7.39. The van der Waals surface area contributed by atoms with Gasteiger partial charge in [0, 0.05) is 0 Å². The van der Waals surface area contributed by atoms with Gasteiger partial charge in [-0.05, 0) is 30.3 Å². The number of halogens is 6. The van der Waals surface area contributed by atoms with Crippen LogP contribution in [0.15, 0.2) is 36.4 Å². The molecule has 28 heavy (non-hydrogen) atoms. The van der Waals surface area contributed by atoms with Crippen molar-refractivity contribution in [1.82, 2.24) is 0 Å². The van der Waals surface area contributed by atoms with Crippen molar-refractivity contribution in [3.8, 4) is 0 Å². The number of nitrogens with one attached hydrogen (secondary N) is 1. The zero-order valence-electron chi connectivity index (χ0n) is 14.0. The monoisotopic (exact) mass is 442 g/mol. The van der Waals surface area contributed by atoms with Crippen molar-refractivity contribution < 1.29 is 35.2 Å². The van der Waals surface area contributed by atoms with Crippen LogP contribution in [-0.4, -0.2) is 27.1 Å². The number of sulfonamides is 1. The fraction of sp³-hybridized carbons (Fsp3) is 0.188. The Morgan fingerprint density at radius 2 is 1.71 bits per heavy atom. The third-order valence-corrected chi connectivity index (χ3v) is 4.93. The lowest BCUT2D eigenvalue weighted by atomic mass is 10.2. The smallest absolute Gasteiger partial charge is 0.320 e. The van der Waals surface area contributed by atoms with Crippen molar-refractivity contribution in [2.45, 2.75) is 6.18 Å². The lowest BCUT2D eigenvalue weighted by Gasteiger charge is -2.23. The van der Waals surface area contributed by atoms with Gasteiger partial charge in [-0.25, -0.2) is 17.2 Å². The lowest BCUT2D eigenvalue weighted by molar-refractivity contribution is -0.137. The molecule has 1 amide bonds. The molecule has 2 aromatic rings. The summed E-state index contributed by atoms with van der Waals surface area (Å²) in [6.45, 7) is -1.02. The molecule has 5 nitrogen and oxygen atoms in total. The first kappa shape index (κ1) is 21.9. The van der Waals surface area contributed by atoms with Gasteiger partial charge in [-0.15, -0.1) is 0 Å². The molecule has 0 unspecified atom stereocenters. The van der Waals surface area contributed by atoms with E-state index in [4.69, 9.17) is 11.6 Å². The molecule has 0 spiro atoms. The summed E-state index contributed by atoms with van der Waals surface area (Å²) >= 11 is 5.50. The second-order valence-electron chi connectivity index (χ2n) is 5.58. The average Bonchev–Trinajstić information content (AvgIpc) is 2.55. The zero-order valence-corrected chi connectivity index (χ0v) is 15.6. The first-order valence-corrected chi connectivity index (χ1v) is 9.61. The quantitative estimate of drug-likeness (QED) is 0.711. The average molecular weight is 443 g/mol. The van der Waals surface area contributed by atoms with E-state index in [1.54, 1.807) is 0 Å². The Morgan fingerprint density at radius 1 is 1.14 bits per heavy atom. The summed E-state index contributed by atoms with van der Waals surface area (Å²) in [5, 5.41) is 1.20. The Hall–Kier alpha value is -2.40. The van der Waals surface area contributed by atoms with E-state index in [0.29, 0.717) is 16.6 Å². The van der Waals surface area contributed by atoms with Crippen LogP contribution in [0, 0.1) is 11.6 Å². The molecular formula is C16H12ClF5N2O3S. The molecule has 0 saturated heterocycles. The Morgan fingerprint density at radius 3 is 2.21 bits per heavy atom. The van der Waals surface area contributed by atoms with Gasteiger partial charge in [0.15, 0.2) is 0 Å². The summed E-state index contributed by atoms with van der Waals surface area (Å²) < 4.78 is 90.6. The van der Waals surface area contributed by atoms with Crippen molar-refractivity contribution >= 4 is 38.9 Å². The van der Waals surface area contributed by atoms with E-state index < -0.39 is 62.2 Å². The molecule has 0 heterocycles.